The maximum absolute atomic E-state index is 13.5. The van der Waals surface area contributed by atoms with E-state index in [0.717, 1.165) is 34.6 Å². The summed E-state index contributed by atoms with van der Waals surface area (Å²) in [6, 6.07) is 15.9. The molecule has 1 saturated carbocycles. The summed E-state index contributed by atoms with van der Waals surface area (Å²) in [6.45, 7) is 3.08. The Labute approximate surface area is 325 Å². The molecule has 5 aromatic rings. The molecule has 17 heteroatoms. The second-order valence-corrected chi connectivity index (χ2v) is 14.6. The second kappa shape index (κ2) is 14.1. The normalized spacial score (nSPS) is 19.3. The molecule has 3 aliphatic heterocycles. The van der Waals surface area contributed by atoms with Gasteiger partial charge in [-0.05, 0) is 48.4 Å². The van der Waals surface area contributed by atoms with Crippen molar-refractivity contribution in [3.63, 3.8) is 0 Å². The average molecular weight is 778 g/mol. The molecule has 3 N–H and O–H groups in total. The van der Waals surface area contributed by atoms with Gasteiger partial charge in [-0.2, -0.15) is 0 Å². The van der Waals surface area contributed by atoms with Crippen LogP contribution in [0.3, 0.4) is 0 Å². The van der Waals surface area contributed by atoms with E-state index in [1.165, 1.54) is 15.6 Å². The number of imidazole rings is 1. The zero-order chi connectivity index (χ0) is 38.7. The summed E-state index contributed by atoms with van der Waals surface area (Å²) in [7, 11) is 1.79. The molecule has 1 aliphatic carbocycles. The summed E-state index contributed by atoms with van der Waals surface area (Å²) in [5.74, 6) is -0.274. The van der Waals surface area contributed by atoms with Gasteiger partial charge in [-0.1, -0.05) is 23.7 Å². The summed E-state index contributed by atoms with van der Waals surface area (Å²) in [4.78, 5) is 67.4. The largest absolute Gasteiger partial charge is 0.385 e. The monoisotopic (exact) mass is 777 g/mol. The van der Waals surface area contributed by atoms with Gasteiger partial charge >= 0.3 is 6.03 Å². The molecule has 3 aromatic heterocycles. The highest BCUT2D eigenvalue weighted by atomic mass is 35.5. The van der Waals surface area contributed by atoms with Crippen molar-refractivity contribution in [3.8, 4) is 11.3 Å². The lowest BCUT2D eigenvalue weighted by Gasteiger charge is -2.36. The lowest BCUT2D eigenvalue weighted by molar-refractivity contribution is -0.120. The van der Waals surface area contributed by atoms with Crippen LogP contribution < -0.4 is 30.7 Å². The van der Waals surface area contributed by atoms with Gasteiger partial charge < -0.3 is 25.3 Å². The zero-order valence-electron chi connectivity index (χ0n) is 30.3. The highest BCUT2D eigenvalue weighted by Crippen LogP contribution is 2.40. The molecular formula is C39H37ClFN11O4. The molecule has 0 radical (unpaired) electrons. The number of benzene rings is 2. The SMILES string of the molecule is CNc1cc(N2CCc3c(-c4ccc(N5CCN(C(=O)c6ccc(Cl)c(N7CCC(=O)NC7=O)c6)CC5)cn4)cccc32)nn2c(C(=O)N[C@@H]3C[C@@H]3F)cnc12. The van der Waals surface area contributed by atoms with Crippen LogP contribution in [-0.4, -0.2) is 107 Å². The number of carbonyl (C=O) groups is 4. The molecule has 0 unspecified atom stereocenters. The number of carbonyl (C=O) groups excluding carboxylic acids is 4. The minimum atomic E-state index is -1.02. The van der Waals surface area contributed by atoms with Gasteiger partial charge in [-0.25, -0.2) is 18.7 Å². The minimum absolute atomic E-state index is 0.153. The number of hydrogen-bond acceptors (Lipinski definition) is 10. The van der Waals surface area contributed by atoms with E-state index in [1.807, 2.05) is 24.4 Å². The molecule has 2 saturated heterocycles. The Morgan fingerprint density at radius 3 is 2.45 bits per heavy atom. The number of urea groups is 1. The van der Waals surface area contributed by atoms with E-state index >= 15 is 0 Å². The number of fused-ring (bicyclic) bond motifs is 2. The van der Waals surface area contributed by atoms with Crippen molar-refractivity contribution in [1.82, 2.24) is 35.1 Å². The number of nitrogens with one attached hydrogen (secondary N) is 3. The summed E-state index contributed by atoms with van der Waals surface area (Å²) in [5, 5.41) is 13.3. The van der Waals surface area contributed by atoms with E-state index in [0.29, 0.717) is 72.6 Å². The number of pyridine rings is 1. The van der Waals surface area contributed by atoms with E-state index < -0.39 is 24.2 Å². The first kappa shape index (κ1) is 35.4. The molecule has 15 nitrogen and oxygen atoms in total. The van der Waals surface area contributed by atoms with E-state index in [9.17, 15) is 23.6 Å². The Morgan fingerprint density at radius 1 is 0.911 bits per heavy atom. The molecular weight excluding hydrogens is 741 g/mol. The van der Waals surface area contributed by atoms with Crippen LogP contribution in [-0.2, 0) is 11.2 Å². The van der Waals surface area contributed by atoms with Crippen LogP contribution >= 0.6 is 11.6 Å². The van der Waals surface area contributed by atoms with Crippen LogP contribution in [0.25, 0.3) is 16.9 Å². The van der Waals surface area contributed by atoms with Crippen molar-refractivity contribution in [2.75, 3.05) is 66.3 Å². The van der Waals surface area contributed by atoms with Crippen LogP contribution in [0.1, 0.15) is 39.3 Å². The molecule has 56 heavy (non-hydrogen) atoms. The van der Waals surface area contributed by atoms with E-state index in [4.69, 9.17) is 21.7 Å². The molecule has 6 heterocycles. The van der Waals surface area contributed by atoms with Crippen molar-refractivity contribution < 1.29 is 23.6 Å². The molecule has 286 valence electrons. The first-order chi connectivity index (χ1) is 27.2. The number of halogens is 2. The second-order valence-electron chi connectivity index (χ2n) is 14.2. The number of alkyl halides is 1. The molecule has 0 bridgehead atoms. The van der Waals surface area contributed by atoms with Crippen molar-refractivity contribution in [3.05, 3.63) is 88.8 Å². The number of anilines is 5. The Kier molecular flexibility index (Phi) is 8.91. The Morgan fingerprint density at radius 2 is 1.71 bits per heavy atom. The quantitative estimate of drug-likeness (QED) is 0.206. The van der Waals surface area contributed by atoms with Gasteiger partial charge in [0.15, 0.2) is 17.2 Å². The van der Waals surface area contributed by atoms with Gasteiger partial charge in [0.1, 0.15) is 6.17 Å². The number of nitrogens with zero attached hydrogens (tertiary/aromatic N) is 8. The summed E-state index contributed by atoms with van der Waals surface area (Å²) in [6.07, 6.45) is 3.54. The third kappa shape index (κ3) is 6.38. The Balaban J connectivity index is 0.886. The standard InChI is InChI=1S/C39H37ClFN11O4/c1-42-30-19-34(47-52-33(21-44-36(30)52)37(54)45-29-18-27(29)41)50-11-9-25-24(3-2-4-31(25)50)28-8-6-23(20-43-28)48-13-15-49(16-14-48)38(55)22-5-7-26(40)32(17-22)51-12-10-35(53)46-39(51)56/h2-8,17,19-21,27,29,42H,9-16,18H2,1H3,(H,45,54)(H,46,53,56)/t27-,29+/m0/s1. The molecule has 4 aliphatic rings. The number of imide groups is 1. The number of aromatic nitrogens is 4. The van der Waals surface area contributed by atoms with E-state index in [2.05, 4.69) is 48.9 Å². The molecule has 2 aromatic carbocycles. The lowest BCUT2D eigenvalue weighted by Crippen LogP contribution is -2.50. The Hall–Kier alpha value is -6.29. The number of piperazine rings is 1. The summed E-state index contributed by atoms with van der Waals surface area (Å²) >= 11 is 6.40. The highest BCUT2D eigenvalue weighted by Gasteiger charge is 2.39. The predicted molar refractivity (Wildman–Crippen MR) is 209 cm³/mol. The van der Waals surface area contributed by atoms with Crippen LogP contribution in [0.15, 0.2) is 67.0 Å². The average Bonchev–Trinajstić information content (AvgIpc) is 3.53. The molecule has 0 spiro atoms. The third-order valence-corrected chi connectivity index (χ3v) is 11.1. The fourth-order valence-corrected chi connectivity index (χ4v) is 7.84. The number of rotatable bonds is 8. The fraction of sp³-hybridized carbons (Fsp3) is 0.308. The van der Waals surface area contributed by atoms with Crippen molar-refractivity contribution in [2.45, 2.75) is 31.5 Å². The van der Waals surface area contributed by atoms with Crippen LogP contribution in [0.2, 0.25) is 5.02 Å². The molecule has 9 rings (SSSR count). The molecule has 5 amide bonds. The summed E-state index contributed by atoms with van der Waals surface area (Å²) in [5.41, 5.74) is 7.20. The molecule has 2 atom stereocenters. The predicted octanol–water partition coefficient (Wildman–Crippen LogP) is 4.43. The van der Waals surface area contributed by atoms with Gasteiger partial charge in [0.2, 0.25) is 5.91 Å². The highest BCUT2D eigenvalue weighted by molar-refractivity contribution is 6.34. The van der Waals surface area contributed by atoms with Crippen molar-refractivity contribution >= 4 is 69.6 Å². The van der Waals surface area contributed by atoms with Gasteiger partial charge in [0, 0.05) is 82.0 Å². The lowest BCUT2D eigenvalue weighted by atomic mass is 10.0. The van der Waals surface area contributed by atoms with Crippen LogP contribution in [0.5, 0.6) is 0 Å². The van der Waals surface area contributed by atoms with E-state index in [-0.39, 0.29) is 30.5 Å². The van der Waals surface area contributed by atoms with Crippen LogP contribution in [0.4, 0.5) is 37.8 Å². The van der Waals surface area contributed by atoms with Gasteiger partial charge in [0.25, 0.3) is 11.8 Å². The van der Waals surface area contributed by atoms with Gasteiger partial charge in [-0.15, -0.1) is 5.10 Å². The fourth-order valence-electron chi connectivity index (χ4n) is 7.62. The van der Waals surface area contributed by atoms with E-state index in [1.54, 1.807) is 30.1 Å². The van der Waals surface area contributed by atoms with Crippen molar-refractivity contribution in [2.24, 2.45) is 0 Å². The van der Waals surface area contributed by atoms with Gasteiger partial charge in [0.05, 0.1) is 46.2 Å². The van der Waals surface area contributed by atoms with Crippen molar-refractivity contribution in [1.29, 1.82) is 0 Å². The smallest absolute Gasteiger partial charge is 0.328 e. The summed E-state index contributed by atoms with van der Waals surface area (Å²) < 4.78 is 15.1. The molecule has 3 fully saturated rings. The number of amides is 5. The number of hydrogen-bond donors (Lipinski definition) is 3. The Bertz CT molecular complexity index is 2420. The zero-order valence-corrected chi connectivity index (χ0v) is 31.1. The minimum Gasteiger partial charge on any atom is -0.385 e. The topological polar surface area (TPSA) is 160 Å². The maximum Gasteiger partial charge on any atom is 0.328 e. The van der Waals surface area contributed by atoms with Gasteiger partial charge in [-0.3, -0.25) is 29.6 Å². The van der Waals surface area contributed by atoms with Crippen LogP contribution in [0, 0.1) is 0 Å². The third-order valence-electron chi connectivity index (χ3n) is 10.8. The maximum atomic E-state index is 13.5. The first-order valence-corrected chi connectivity index (χ1v) is 18.9. The first-order valence-electron chi connectivity index (χ1n) is 18.5.